The fraction of sp³-hybridized carbons (Fsp3) is 1.00. The second kappa shape index (κ2) is 4.43. The predicted octanol–water partition coefficient (Wildman–Crippen LogP) is 1.71. The minimum absolute atomic E-state index is 0.679. The number of nitrogens with zero attached hydrogens (tertiary/aromatic N) is 1. The highest BCUT2D eigenvalue weighted by Gasteiger charge is 2.36. The summed E-state index contributed by atoms with van der Waals surface area (Å²) in [6.07, 6.45) is 1.35. The van der Waals surface area contributed by atoms with Crippen LogP contribution in [-0.2, 0) is 0 Å². The van der Waals surface area contributed by atoms with Gasteiger partial charge in [-0.15, -0.1) is 0 Å². The van der Waals surface area contributed by atoms with Crippen LogP contribution in [0, 0.1) is 5.92 Å². The van der Waals surface area contributed by atoms with E-state index in [2.05, 4.69) is 37.9 Å². The number of hydrogen-bond donors (Lipinski definition) is 1. The van der Waals surface area contributed by atoms with E-state index in [1.807, 2.05) is 7.05 Å². The summed E-state index contributed by atoms with van der Waals surface area (Å²) in [6, 6.07) is 2.17. The van der Waals surface area contributed by atoms with Crippen LogP contribution in [0.4, 0.5) is 0 Å². The molecule has 0 spiro atoms. The van der Waals surface area contributed by atoms with E-state index in [4.69, 9.17) is 0 Å². The average molecular weight is 184 g/mol. The molecule has 0 amide bonds. The number of hydrogen-bond acceptors (Lipinski definition) is 2. The first-order chi connectivity index (χ1) is 6.07. The molecule has 1 N–H and O–H groups in total. The number of rotatable bonds is 3. The molecular weight excluding hydrogens is 160 g/mol. The molecule has 0 bridgehead atoms. The van der Waals surface area contributed by atoms with Crippen molar-refractivity contribution in [3.05, 3.63) is 0 Å². The summed E-state index contributed by atoms with van der Waals surface area (Å²) in [5, 5.41) is 3.29. The van der Waals surface area contributed by atoms with Crippen molar-refractivity contribution < 1.29 is 0 Å². The smallest absolute Gasteiger partial charge is 0.0229 e. The summed E-state index contributed by atoms with van der Waals surface area (Å²) in [7, 11) is 2.05. The Kier molecular flexibility index (Phi) is 3.74. The third kappa shape index (κ3) is 2.23. The summed E-state index contributed by atoms with van der Waals surface area (Å²) in [5.41, 5.74) is 0. The summed E-state index contributed by atoms with van der Waals surface area (Å²) in [6.45, 7) is 10.5. The summed E-state index contributed by atoms with van der Waals surface area (Å²) in [4.78, 5) is 2.65. The zero-order valence-corrected chi connectivity index (χ0v) is 9.67. The van der Waals surface area contributed by atoms with Crippen molar-refractivity contribution in [2.24, 2.45) is 5.92 Å². The van der Waals surface area contributed by atoms with Gasteiger partial charge in [-0.05, 0) is 40.2 Å². The number of likely N-dealkylation sites (N-methyl/N-ethyl adjacent to an activating group) is 1. The lowest BCUT2D eigenvalue weighted by molar-refractivity contribution is 0.148. The second-order valence-corrected chi connectivity index (χ2v) is 4.71. The Labute approximate surface area is 82.7 Å². The molecule has 1 aliphatic rings. The Morgan fingerprint density at radius 3 is 2.46 bits per heavy atom. The van der Waals surface area contributed by atoms with E-state index in [0.717, 1.165) is 24.5 Å². The van der Waals surface area contributed by atoms with Crippen molar-refractivity contribution in [3.63, 3.8) is 0 Å². The molecule has 0 aromatic rings. The van der Waals surface area contributed by atoms with Crippen molar-refractivity contribution in [3.8, 4) is 0 Å². The molecular formula is C11H24N2. The molecule has 1 fully saturated rings. The van der Waals surface area contributed by atoms with Gasteiger partial charge in [0.15, 0.2) is 0 Å². The Hall–Kier alpha value is -0.0800. The van der Waals surface area contributed by atoms with Crippen LogP contribution in [0.15, 0.2) is 0 Å². The molecule has 13 heavy (non-hydrogen) atoms. The maximum atomic E-state index is 3.29. The molecule has 2 nitrogen and oxygen atoms in total. The van der Waals surface area contributed by atoms with E-state index in [9.17, 15) is 0 Å². The summed E-state index contributed by atoms with van der Waals surface area (Å²) < 4.78 is 0. The van der Waals surface area contributed by atoms with E-state index in [1.165, 1.54) is 6.42 Å². The quantitative estimate of drug-likeness (QED) is 0.718. The van der Waals surface area contributed by atoms with Crippen LogP contribution in [0.25, 0.3) is 0 Å². The molecule has 1 aliphatic heterocycles. The summed E-state index contributed by atoms with van der Waals surface area (Å²) in [5.74, 6) is 0.848. The molecule has 0 saturated carbocycles. The Bertz CT molecular complexity index is 156. The fourth-order valence-electron chi connectivity index (χ4n) is 2.69. The molecule has 1 saturated heterocycles. The molecule has 0 aromatic heterocycles. The predicted molar refractivity (Wildman–Crippen MR) is 57.9 cm³/mol. The number of nitrogens with one attached hydrogen (secondary N) is 1. The van der Waals surface area contributed by atoms with Gasteiger partial charge in [0.25, 0.3) is 0 Å². The summed E-state index contributed by atoms with van der Waals surface area (Å²) >= 11 is 0. The molecule has 1 heterocycles. The lowest BCUT2D eigenvalue weighted by Gasteiger charge is -2.32. The maximum absolute atomic E-state index is 3.29. The van der Waals surface area contributed by atoms with E-state index >= 15 is 0 Å². The average Bonchev–Trinajstić information content (AvgIpc) is 2.28. The van der Waals surface area contributed by atoms with Gasteiger partial charge < -0.3 is 5.32 Å². The largest absolute Gasteiger partial charge is 0.318 e. The second-order valence-electron chi connectivity index (χ2n) is 4.71. The molecule has 0 aromatic carbocycles. The molecule has 2 heteroatoms. The van der Waals surface area contributed by atoms with Crippen LogP contribution in [0.5, 0.6) is 0 Å². The highest BCUT2D eigenvalue weighted by Crippen LogP contribution is 2.30. The Morgan fingerprint density at radius 1 is 1.38 bits per heavy atom. The van der Waals surface area contributed by atoms with E-state index in [1.54, 1.807) is 0 Å². The molecule has 1 rings (SSSR count). The monoisotopic (exact) mass is 184 g/mol. The van der Waals surface area contributed by atoms with Crippen LogP contribution in [0.1, 0.15) is 34.1 Å². The maximum Gasteiger partial charge on any atom is 0.0229 e. The lowest BCUT2D eigenvalue weighted by Crippen LogP contribution is -2.44. The topological polar surface area (TPSA) is 15.3 Å². The molecule has 1 unspecified atom stereocenters. The van der Waals surface area contributed by atoms with Crippen LogP contribution >= 0.6 is 0 Å². The number of likely N-dealkylation sites (tertiary alicyclic amines) is 1. The third-order valence-corrected chi connectivity index (χ3v) is 3.40. The van der Waals surface area contributed by atoms with Gasteiger partial charge in [0.2, 0.25) is 0 Å². The zero-order valence-electron chi connectivity index (χ0n) is 9.67. The van der Waals surface area contributed by atoms with Crippen molar-refractivity contribution in [2.75, 3.05) is 13.6 Å². The minimum Gasteiger partial charge on any atom is -0.318 e. The van der Waals surface area contributed by atoms with E-state index in [-0.39, 0.29) is 0 Å². The van der Waals surface area contributed by atoms with Gasteiger partial charge in [-0.25, -0.2) is 0 Å². The van der Waals surface area contributed by atoms with Crippen LogP contribution in [-0.4, -0.2) is 36.6 Å². The van der Waals surface area contributed by atoms with Crippen molar-refractivity contribution >= 4 is 0 Å². The minimum atomic E-state index is 0.679. The first kappa shape index (κ1) is 11.0. The lowest BCUT2D eigenvalue weighted by atomic mass is 10.0. The molecule has 78 valence electrons. The Balaban J connectivity index is 2.63. The van der Waals surface area contributed by atoms with Crippen LogP contribution in [0.2, 0.25) is 0 Å². The highest BCUT2D eigenvalue weighted by atomic mass is 15.2. The Morgan fingerprint density at radius 2 is 2.00 bits per heavy atom. The van der Waals surface area contributed by atoms with Crippen molar-refractivity contribution in [2.45, 2.75) is 52.2 Å². The highest BCUT2D eigenvalue weighted by molar-refractivity contribution is 4.92. The zero-order chi connectivity index (χ0) is 10.0. The van der Waals surface area contributed by atoms with Crippen molar-refractivity contribution in [1.29, 1.82) is 0 Å². The normalized spacial score (nSPS) is 36.0. The molecule has 0 radical (unpaired) electrons. The van der Waals surface area contributed by atoms with Crippen LogP contribution in [0.3, 0.4) is 0 Å². The molecule has 3 atom stereocenters. The van der Waals surface area contributed by atoms with Crippen LogP contribution < -0.4 is 5.32 Å². The fourth-order valence-corrected chi connectivity index (χ4v) is 2.69. The van der Waals surface area contributed by atoms with E-state index < -0.39 is 0 Å². The first-order valence-corrected chi connectivity index (χ1v) is 5.50. The van der Waals surface area contributed by atoms with Gasteiger partial charge >= 0.3 is 0 Å². The van der Waals surface area contributed by atoms with Gasteiger partial charge in [0, 0.05) is 24.7 Å². The van der Waals surface area contributed by atoms with Gasteiger partial charge in [-0.2, -0.15) is 0 Å². The standard InChI is InChI=1S/C11H24N2/c1-8(2)13-10(4)9(3)6-11(13)7-12-5/h8-12H,6-7H2,1-5H3/t9?,10-,11-/m0/s1. The van der Waals surface area contributed by atoms with Gasteiger partial charge in [-0.1, -0.05) is 6.92 Å². The van der Waals surface area contributed by atoms with Crippen molar-refractivity contribution in [1.82, 2.24) is 10.2 Å². The molecule has 0 aliphatic carbocycles. The van der Waals surface area contributed by atoms with Gasteiger partial charge in [0.05, 0.1) is 0 Å². The third-order valence-electron chi connectivity index (χ3n) is 3.40. The van der Waals surface area contributed by atoms with E-state index in [0.29, 0.717) is 6.04 Å². The van der Waals surface area contributed by atoms with Gasteiger partial charge in [-0.3, -0.25) is 4.90 Å². The first-order valence-electron chi connectivity index (χ1n) is 5.50. The SMILES string of the molecule is CNC[C@@H]1CC(C)[C@H](C)N1C(C)C. The van der Waals surface area contributed by atoms with Gasteiger partial charge in [0.1, 0.15) is 0 Å².